The summed E-state index contributed by atoms with van der Waals surface area (Å²) in [5.41, 5.74) is 0.446. The lowest BCUT2D eigenvalue weighted by Crippen LogP contribution is -2.24. The van der Waals surface area contributed by atoms with Gasteiger partial charge in [0.05, 0.1) is 17.2 Å². The Bertz CT molecular complexity index is 851. The lowest BCUT2D eigenvalue weighted by molar-refractivity contribution is -0.115. The van der Waals surface area contributed by atoms with E-state index in [9.17, 15) is 4.79 Å². The number of hydrogen-bond donors (Lipinski definition) is 2. The van der Waals surface area contributed by atoms with E-state index in [-0.39, 0.29) is 11.1 Å². The van der Waals surface area contributed by atoms with E-state index in [1.807, 2.05) is 0 Å². The first-order valence-electron chi connectivity index (χ1n) is 6.88. The van der Waals surface area contributed by atoms with E-state index in [1.165, 1.54) is 22.7 Å². The molecule has 124 valence electrons. The molecule has 0 aromatic carbocycles. The molecular weight excluding hydrogens is 352 g/mol. The monoisotopic (exact) mass is 364 g/mol. The standard InChI is InChI=1S/C14H13ClN6O2S/c1-8(13(22)18-9-4-2-6-17-11(9)15)24-14-20-19-12(21(14)16)10-5-3-7-23-10/h2-8H,16H2,1H3,(H,18,22). The number of pyridine rings is 1. The summed E-state index contributed by atoms with van der Waals surface area (Å²) in [6.07, 6.45) is 3.06. The maximum atomic E-state index is 12.3. The van der Waals surface area contributed by atoms with Crippen molar-refractivity contribution in [2.45, 2.75) is 17.3 Å². The number of carbonyl (C=O) groups excluding carboxylic acids is 1. The van der Waals surface area contributed by atoms with E-state index < -0.39 is 5.25 Å². The molecule has 1 unspecified atom stereocenters. The highest BCUT2D eigenvalue weighted by atomic mass is 35.5. The molecule has 0 fully saturated rings. The molecular formula is C14H13ClN6O2S. The van der Waals surface area contributed by atoms with Gasteiger partial charge in [-0.05, 0) is 31.2 Å². The van der Waals surface area contributed by atoms with Crippen molar-refractivity contribution in [1.29, 1.82) is 0 Å². The van der Waals surface area contributed by atoms with E-state index in [1.54, 1.807) is 37.4 Å². The Balaban J connectivity index is 1.70. The third-order valence-electron chi connectivity index (χ3n) is 3.07. The van der Waals surface area contributed by atoms with Gasteiger partial charge in [-0.1, -0.05) is 23.4 Å². The van der Waals surface area contributed by atoms with Crippen LogP contribution in [0.4, 0.5) is 5.69 Å². The van der Waals surface area contributed by atoms with Crippen LogP contribution in [-0.2, 0) is 4.79 Å². The molecule has 3 N–H and O–H groups in total. The Morgan fingerprint density at radius 3 is 2.96 bits per heavy atom. The van der Waals surface area contributed by atoms with Gasteiger partial charge < -0.3 is 15.6 Å². The number of nitrogens with one attached hydrogen (secondary N) is 1. The molecule has 0 saturated heterocycles. The zero-order valence-corrected chi connectivity index (χ0v) is 14.1. The first-order valence-corrected chi connectivity index (χ1v) is 8.14. The number of thioether (sulfide) groups is 1. The summed E-state index contributed by atoms with van der Waals surface area (Å²) < 4.78 is 6.53. The van der Waals surface area contributed by atoms with E-state index >= 15 is 0 Å². The highest BCUT2D eigenvalue weighted by molar-refractivity contribution is 8.00. The Morgan fingerprint density at radius 1 is 1.42 bits per heavy atom. The zero-order chi connectivity index (χ0) is 17.1. The van der Waals surface area contributed by atoms with Gasteiger partial charge in [0.15, 0.2) is 10.9 Å². The van der Waals surface area contributed by atoms with Gasteiger partial charge >= 0.3 is 0 Å². The minimum Gasteiger partial charge on any atom is -0.461 e. The molecule has 3 aromatic heterocycles. The maximum absolute atomic E-state index is 12.3. The Hall–Kier alpha value is -2.52. The highest BCUT2D eigenvalue weighted by Crippen LogP contribution is 2.26. The van der Waals surface area contributed by atoms with Gasteiger partial charge in [-0.2, -0.15) is 0 Å². The molecule has 10 heteroatoms. The van der Waals surface area contributed by atoms with Crippen LogP contribution in [0.2, 0.25) is 5.15 Å². The molecule has 0 aliphatic carbocycles. The van der Waals surface area contributed by atoms with Crippen LogP contribution in [0.15, 0.2) is 46.3 Å². The van der Waals surface area contributed by atoms with Crippen molar-refractivity contribution in [2.24, 2.45) is 0 Å². The maximum Gasteiger partial charge on any atom is 0.237 e. The number of rotatable bonds is 5. The molecule has 8 nitrogen and oxygen atoms in total. The molecule has 0 aliphatic rings. The number of aromatic nitrogens is 4. The van der Waals surface area contributed by atoms with Crippen molar-refractivity contribution in [3.63, 3.8) is 0 Å². The number of carbonyl (C=O) groups is 1. The van der Waals surface area contributed by atoms with Crippen LogP contribution in [-0.4, -0.2) is 31.0 Å². The number of anilines is 1. The SMILES string of the molecule is CC(Sc1nnc(-c2ccco2)n1N)C(=O)Nc1cccnc1Cl. The van der Waals surface area contributed by atoms with Crippen molar-refractivity contribution >= 4 is 35.0 Å². The van der Waals surface area contributed by atoms with Gasteiger partial charge in [0.1, 0.15) is 0 Å². The summed E-state index contributed by atoms with van der Waals surface area (Å²) in [6.45, 7) is 1.73. The van der Waals surface area contributed by atoms with Crippen molar-refractivity contribution in [2.75, 3.05) is 11.2 Å². The molecule has 3 heterocycles. The largest absolute Gasteiger partial charge is 0.461 e. The van der Waals surface area contributed by atoms with Crippen LogP contribution in [0.3, 0.4) is 0 Å². The molecule has 0 radical (unpaired) electrons. The smallest absolute Gasteiger partial charge is 0.237 e. The topological polar surface area (TPSA) is 112 Å². The van der Waals surface area contributed by atoms with Crippen LogP contribution < -0.4 is 11.2 Å². The first-order chi connectivity index (χ1) is 11.6. The van der Waals surface area contributed by atoms with Crippen LogP contribution in [0.1, 0.15) is 6.92 Å². The number of halogens is 1. The van der Waals surface area contributed by atoms with Gasteiger partial charge in [0.2, 0.25) is 16.9 Å². The molecule has 0 aliphatic heterocycles. The summed E-state index contributed by atoms with van der Waals surface area (Å²) in [5.74, 6) is 6.59. The number of nitrogens with zero attached hydrogens (tertiary/aromatic N) is 4. The molecule has 3 rings (SSSR count). The third-order valence-corrected chi connectivity index (χ3v) is 4.43. The number of nitrogen functional groups attached to an aromatic ring is 1. The van der Waals surface area contributed by atoms with Crippen molar-refractivity contribution in [3.8, 4) is 11.6 Å². The normalized spacial score (nSPS) is 12.1. The van der Waals surface area contributed by atoms with Gasteiger partial charge in [-0.25, -0.2) is 9.66 Å². The second-order valence-electron chi connectivity index (χ2n) is 4.74. The molecule has 3 aromatic rings. The Morgan fingerprint density at radius 2 is 2.25 bits per heavy atom. The Kier molecular flexibility index (Phi) is 4.72. The molecule has 0 spiro atoms. The van der Waals surface area contributed by atoms with Gasteiger partial charge in [-0.3, -0.25) is 4.79 Å². The summed E-state index contributed by atoms with van der Waals surface area (Å²) in [4.78, 5) is 16.2. The van der Waals surface area contributed by atoms with E-state index in [2.05, 4.69) is 20.5 Å². The van der Waals surface area contributed by atoms with Crippen LogP contribution in [0.5, 0.6) is 0 Å². The minimum absolute atomic E-state index is 0.227. The number of nitrogens with two attached hydrogens (primary N) is 1. The fraction of sp³-hybridized carbons (Fsp3) is 0.143. The van der Waals surface area contributed by atoms with Gasteiger partial charge in [-0.15, -0.1) is 10.2 Å². The summed E-state index contributed by atoms with van der Waals surface area (Å²) in [7, 11) is 0. The number of furan rings is 1. The first kappa shape index (κ1) is 16.3. The highest BCUT2D eigenvalue weighted by Gasteiger charge is 2.21. The molecule has 24 heavy (non-hydrogen) atoms. The average Bonchev–Trinajstić information content (AvgIpc) is 3.20. The van der Waals surface area contributed by atoms with Crippen LogP contribution in [0, 0.1) is 0 Å². The van der Waals surface area contributed by atoms with Crippen molar-refractivity contribution < 1.29 is 9.21 Å². The lowest BCUT2D eigenvalue weighted by Gasteiger charge is -2.11. The zero-order valence-electron chi connectivity index (χ0n) is 12.5. The van der Waals surface area contributed by atoms with Crippen molar-refractivity contribution in [1.82, 2.24) is 19.9 Å². The number of hydrogen-bond acceptors (Lipinski definition) is 7. The predicted octanol–water partition coefficient (Wildman–Crippen LogP) is 2.42. The van der Waals surface area contributed by atoms with Crippen molar-refractivity contribution in [3.05, 3.63) is 41.9 Å². The molecule has 1 atom stereocenters. The minimum atomic E-state index is -0.475. The number of amides is 1. The second-order valence-corrected chi connectivity index (χ2v) is 6.41. The fourth-order valence-electron chi connectivity index (χ4n) is 1.86. The third kappa shape index (κ3) is 3.36. The second kappa shape index (κ2) is 6.93. The van der Waals surface area contributed by atoms with E-state index in [0.29, 0.717) is 22.4 Å². The van der Waals surface area contributed by atoms with E-state index in [0.717, 1.165) is 0 Å². The fourth-order valence-corrected chi connectivity index (χ4v) is 2.79. The molecule has 0 saturated carbocycles. The quantitative estimate of drug-likeness (QED) is 0.406. The van der Waals surface area contributed by atoms with Crippen LogP contribution >= 0.6 is 23.4 Å². The summed E-state index contributed by atoms with van der Waals surface area (Å²) >= 11 is 7.10. The molecule has 1 amide bonds. The average molecular weight is 365 g/mol. The van der Waals surface area contributed by atoms with E-state index in [4.69, 9.17) is 21.9 Å². The van der Waals surface area contributed by atoms with Gasteiger partial charge in [0.25, 0.3) is 0 Å². The lowest BCUT2D eigenvalue weighted by atomic mass is 10.4. The molecule has 0 bridgehead atoms. The van der Waals surface area contributed by atoms with Crippen LogP contribution in [0.25, 0.3) is 11.6 Å². The Labute approximate surface area is 146 Å². The summed E-state index contributed by atoms with van der Waals surface area (Å²) in [6, 6.07) is 6.81. The van der Waals surface area contributed by atoms with Gasteiger partial charge in [0, 0.05) is 6.20 Å². The predicted molar refractivity (Wildman–Crippen MR) is 91.1 cm³/mol. The summed E-state index contributed by atoms with van der Waals surface area (Å²) in [5, 5.41) is 10.8.